The third-order valence-corrected chi connectivity index (χ3v) is 4.38. The fourth-order valence-corrected chi connectivity index (χ4v) is 3.03. The van der Waals surface area contributed by atoms with Crippen LogP contribution in [-0.2, 0) is 6.54 Å². The molecule has 128 valence electrons. The molecule has 0 aliphatic carbocycles. The Balaban J connectivity index is 1.73. The van der Waals surface area contributed by atoms with E-state index in [4.69, 9.17) is 4.42 Å². The zero-order valence-electron chi connectivity index (χ0n) is 14.6. The van der Waals surface area contributed by atoms with Crippen molar-refractivity contribution in [3.05, 3.63) is 102 Å². The van der Waals surface area contributed by atoms with Crippen molar-refractivity contribution < 1.29 is 9.21 Å². The first-order valence-corrected chi connectivity index (χ1v) is 8.62. The van der Waals surface area contributed by atoms with E-state index in [0.717, 1.165) is 27.8 Å². The van der Waals surface area contributed by atoms with Crippen LogP contribution < -0.4 is 4.90 Å². The van der Waals surface area contributed by atoms with Crippen LogP contribution in [0, 0.1) is 6.92 Å². The maximum absolute atomic E-state index is 13.2. The Morgan fingerprint density at radius 3 is 2.31 bits per heavy atom. The largest absolute Gasteiger partial charge is 0.451 e. The van der Waals surface area contributed by atoms with Crippen LogP contribution in [0.5, 0.6) is 0 Å². The quantitative estimate of drug-likeness (QED) is 0.485. The van der Waals surface area contributed by atoms with Gasteiger partial charge in [-0.25, -0.2) is 0 Å². The summed E-state index contributed by atoms with van der Waals surface area (Å²) in [5.41, 5.74) is 3.76. The van der Waals surface area contributed by atoms with Gasteiger partial charge in [-0.15, -0.1) is 0 Å². The molecular formula is C23H19NO2. The Bertz CT molecular complexity index is 1040. The van der Waals surface area contributed by atoms with Crippen LogP contribution in [0.15, 0.2) is 89.3 Å². The van der Waals surface area contributed by atoms with E-state index >= 15 is 0 Å². The molecule has 0 saturated heterocycles. The van der Waals surface area contributed by atoms with Crippen LogP contribution in [0.3, 0.4) is 0 Å². The van der Waals surface area contributed by atoms with Crippen LogP contribution in [-0.4, -0.2) is 5.91 Å². The third kappa shape index (κ3) is 3.24. The summed E-state index contributed by atoms with van der Waals surface area (Å²) in [7, 11) is 0. The number of anilines is 1. The van der Waals surface area contributed by atoms with Gasteiger partial charge in [-0.05, 0) is 42.3 Å². The molecule has 4 aromatic rings. The average Bonchev–Trinajstić information content (AvgIpc) is 3.10. The van der Waals surface area contributed by atoms with Gasteiger partial charge in [-0.2, -0.15) is 0 Å². The van der Waals surface area contributed by atoms with Crippen LogP contribution in [0.25, 0.3) is 11.0 Å². The van der Waals surface area contributed by atoms with Gasteiger partial charge in [0.25, 0.3) is 5.91 Å². The van der Waals surface area contributed by atoms with Crippen LogP contribution in [0.1, 0.15) is 21.7 Å². The SMILES string of the molecule is Cc1ccc2cc(C(=O)N(Cc3ccccc3)c3ccccc3)oc2c1. The lowest BCUT2D eigenvalue weighted by atomic mass is 10.1. The number of nitrogens with zero attached hydrogens (tertiary/aromatic N) is 1. The fraction of sp³-hybridized carbons (Fsp3) is 0.0870. The molecule has 0 saturated carbocycles. The number of hydrogen-bond acceptors (Lipinski definition) is 2. The van der Waals surface area contributed by atoms with E-state index in [2.05, 4.69) is 0 Å². The molecule has 26 heavy (non-hydrogen) atoms. The molecule has 0 radical (unpaired) electrons. The number of furan rings is 1. The van der Waals surface area contributed by atoms with E-state index in [-0.39, 0.29) is 5.91 Å². The zero-order chi connectivity index (χ0) is 17.9. The van der Waals surface area contributed by atoms with Crippen LogP contribution in [0.4, 0.5) is 5.69 Å². The van der Waals surface area contributed by atoms with E-state index in [9.17, 15) is 4.79 Å². The van der Waals surface area contributed by atoms with Crippen LogP contribution >= 0.6 is 0 Å². The van der Waals surface area contributed by atoms with Gasteiger partial charge in [0.2, 0.25) is 0 Å². The minimum Gasteiger partial charge on any atom is -0.451 e. The van der Waals surface area contributed by atoms with Crippen molar-refractivity contribution in [3.8, 4) is 0 Å². The molecule has 3 heteroatoms. The van der Waals surface area contributed by atoms with Gasteiger partial charge in [0, 0.05) is 11.1 Å². The number of rotatable bonds is 4. The average molecular weight is 341 g/mol. The summed E-state index contributed by atoms with van der Waals surface area (Å²) >= 11 is 0. The molecule has 0 fully saturated rings. The molecule has 0 unspecified atom stereocenters. The highest BCUT2D eigenvalue weighted by Gasteiger charge is 2.21. The van der Waals surface area contributed by atoms with Crippen molar-refractivity contribution in [2.45, 2.75) is 13.5 Å². The first kappa shape index (κ1) is 16.2. The summed E-state index contributed by atoms with van der Waals surface area (Å²) in [6, 6.07) is 27.4. The summed E-state index contributed by atoms with van der Waals surface area (Å²) in [4.78, 5) is 15.0. The molecule has 3 aromatic carbocycles. The molecule has 0 N–H and O–H groups in total. The highest BCUT2D eigenvalue weighted by atomic mass is 16.3. The van der Waals surface area contributed by atoms with Crippen molar-refractivity contribution in [1.29, 1.82) is 0 Å². The van der Waals surface area contributed by atoms with E-state index in [0.29, 0.717) is 12.3 Å². The molecule has 0 aliphatic heterocycles. The summed E-state index contributed by atoms with van der Waals surface area (Å²) in [6.45, 7) is 2.49. The van der Waals surface area contributed by atoms with E-state index in [1.807, 2.05) is 91.9 Å². The monoisotopic (exact) mass is 341 g/mol. The second-order valence-electron chi connectivity index (χ2n) is 6.36. The second kappa shape index (κ2) is 6.89. The first-order chi connectivity index (χ1) is 12.7. The number of amides is 1. The molecule has 0 bridgehead atoms. The Kier molecular flexibility index (Phi) is 4.28. The lowest BCUT2D eigenvalue weighted by Crippen LogP contribution is -2.30. The smallest absolute Gasteiger partial charge is 0.294 e. The van der Waals surface area contributed by atoms with Crippen molar-refractivity contribution in [3.63, 3.8) is 0 Å². The molecule has 1 heterocycles. The topological polar surface area (TPSA) is 33.5 Å². The summed E-state index contributed by atoms with van der Waals surface area (Å²) < 4.78 is 5.86. The molecule has 0 aliphatic rings. The van der Waals surface area contributed by atoms with Gasteiger partial charge < -0.3 is 9.32 Å². The predicted molar refractivity (Wildman–Crippen MR) is 104 cm³/mol. The third-order valence-electron chi connectivity index (χ3n) is 4.38. The minimum absolute atomic E-state index is 0.145. The number of carbonyl (C=O) groups is 1. The van der Waals surface area contributed by atoms with Crippen molar-refractivity contribution in [2.75, 3.05) is 4.90 Å². The normalized spacial score (nSPS) is 10.8. The van der Waals surface area contributed by atoms with Gasteiger partial charge in [0.05, 0.1) is 6.54 Å². The number of hydrogen-bond donors (Lipinski definition) is 0. The predicted octanol–water partition coefficient (Wildman–Crippen LogP) is 5.59. The standard InChI is InChI=1S/C23H19NO2/c1-17-12-13-19-15-22(26-21(19)14-17)23(25)24(20-10-6-3-7-11-20)16-18-8-4-2-5-9-18/h2-15H,16H2,1H3. The number of aryl methyl sites for hydroxylation is 1. The van der Waals surface area contributed by atoms with Crippen molar-refractivity contribution in [2.24, 2.45) is 0 Å². The molecule has 1 amide bonds. The summed E-state index contributed by atoms with van der Waals surface area (Å²) in [6.07, 6.45) is 0. The Morgan fingerprint density at radius 2 is 1.58 bits per heavy atom. The van der Waals surface area contributed by atoms with E-state index < -0.39 is 0 Å². The van der Waals surface area contributed by atoms with E-state index in [1.165, 1.54) is 0 Å². The zero-order valence-corrected chi connectivity index (χ0v) is 14.6. The van der Waals surface area contributed by atoms with Crippen molar-refractivity contribution >= 4 is 22.6 Å². The lowest BCUT2D eigenvalue weighted by Gasteiger charge is -2.22. The highest BCUT2D eigenvalue weighted by Crippen LogP contribution is 2.25. The van der Waals surface area contributed by atoms with Gasteiger partial charge in [0.1, 0.15) is 5.58 Å². The van der Waals surface area contributed by atoms with Crippen molar-refractivity contribution in [1.82, 2.24) is 0 Å². The lowest BCUT2D eigenvalue weighted by molar-refractivity contribution is 0.0960. The molecule has 3 nitrogen and oxygen atoms in total. The summed E-state index contributed by atoms with van der Waals surface area (Å²) in [5.74, 6) is 0.208. The Morgan fingerprint density at radius 1 is 0.885 bits per heavy atom. The van der Waals surface area contributed by atoms with E-state index in [1.54, 1.807) is 4.90 Å². The number of fused-ring (bicyclic) bond motifs is 1. The number of benzene rings is 3. The molecule has 0 atom stereocenters. The highest BCUT2D eigenvalue weighted by molar-refractivity contribution is 6.06. The van der Waals surface area contributed by atoms with Gasteiger partial charge in [-0.3, -0.25) is 4.79 Å². The minimum atomic E-state index is -0.145. The fourth-order valence-electron chi connectivity index (χ4n) is 3.03. The first-order valence-electron chi connectivity index (χ1n) is 8.62. The van der Waals surface area contributed by atoms with Gasteiger partial charge in [-0.1, -0.05) is 60.7 Å². The molecule has 0 spiro atoms. The van der Waals surface area contributed by atoms with Crippen LogP contribution in [0.2, 0.25) is 0 Å². The molecular weight excluding hydrogens is 322 g/mol. The Labute approximate surface area is 152 Å². The summed E-state index contributed by atoms with van der Waals surface area (Å²) in [5, 5.41) is 0.937. The second-order valence-corrected chi connectivity index (χ2v) is 6.36. The Hall–Kier alpha value is -3.33. The van der Waals surface area contributed by atoms with Gasteiger partial charge in [0.15, 0.2) is 5.76 Å². The molecule has 4 rings (SSSR count). The maximum atomic E-state index is 13.2. The van der Waals surface area contributed by atoms with Gasteiger partial charge >= 0.3 is 0 Å². The number of para-hydroxylation sites is 1. The molecule has 1 aromatic heterocycles. The maximum Gasteiger partial charge on any atom is 0.294 e. The number of carbonyl (C=O) groups excluding carboxylic acids is 1.